The lowest BCUT2D eigenvalue weighted by atomic mass is 10.1. The van der Waals surface area contributed by atoms with Crippen LogP contribution in [-0.2, 0) is 11.3 Å². The molecule has 0 aliphatic heterocycles. The average Bonchev–Trinajstić information content (AvgIpc) is 2.35. The Balaban J connectivity index is 2.86. The fourth-order valence-electron chi connectivity index (χ4n) is 1.39. The molecule has 4 heteroatoms. The highest BCUT2D eigenvalue weighted by molar-refractivity contribution is 7.80. The van der Waals surface area contributed by atoms with Gasteiger partial charge in [-0.1, -0.05) is 19.1 Å². The van der Waals surface area contributed by atoms with Crippen LogP contribution in [0.1, 0.15) is 31.4 Å². The lowest BCUT2D eigenvalue weighted by molar-refractivity contribution is 0.0497. The molecule has 17 heavy (non-hydrogen) atoms. The molecule has 1 atom stereocenters. The highest BCUT2D eigenvalue weighted by Gasteiger charge is 2.08. The van der Waals surface area contributed by atoms with Gasteiger partial charge in [0.1, 0.15) is 10.7 Å². The number of hydrogen-bond acceptors (Lipinski definition) is 3. The molecule has 1 unspecified atom stereocenters. The van der Waals surface area contributed by atoms with Crippen LogP contribution in [0.15, 0.2) is 18.2 Å². The summed E-state index contributed by atoms with van der Waals surface area (Å²) in [6.07, 6.45) is 1.21. The van der Waals surface area contributed by atoms with Crippen LogP contribution in [0, 0.1) is 0 Å². The predicted molar refractivity (Wildman–Crippen MR) is 73.4 cm³/mol. The monoisotopic (exact) mass is 253 g/mol. The summed E-state index contributed by atoms with van der Waals surface area (Å²) in [6.45, 7) is 4.64. The third-order valence-electron chi connectivity index (χ3n) is 2.66. The maximum Gasteiger partial charge on any atom is 0.124 e. The first-order valence-electron chi connectivity index (χ1n) is 5.66. The fraction of sp³-hybridized carbons (Fsp3) is 0.462. The second-order valence-corrected chi connectivity index (χ2v) is 4.36. The summed E-state index contributed by atoms with van der Waals surface area (Å²) in [5.74, 6) is 0.799. The Morgan fingerprint density at radius 1 is 1.47 bits per heavy atom. The summed E-state index contributed by atoms with van der Waals surface area (Å²) in [5, 5.41) is 0. The fourth-order valence-corrected chi connectivity index (χ4v) is 1.52. The zero-order valence-corrected chi connectivity index (χ0v) is 11.3. The van der Waals surface area contributed by atoms with Crippen molar-refractivity contribution in [3.63, 3.8) is 0 Å². The zero-order valence-electron chi connectivity index (χ0n) is 10.5. The standard InChI is InChI=1S/C13H19NO2S/c1-4-9(2)16-8-11-7-10(13(14)17)5-6-12(11)15-3/h5-7,9H,4,8H2,1-3H3,(H2,14,17). The smallest absolute Gasteiger partial charge is 0.124 e. The van der Waals surface area contributed by atoms with E-state index in [1.54, 1.807) is 7.11 Å². The molecule has 0 saturated carbocycles. The van der Waals surface area contributed by atoms with Gasteiger partial charge >= 0.3 is 0 Å². The molecule has 0 aliphatic carbocycles. The topological polar surface area (TPSA) is 44.5 Å². The van der Waals surface area contributed by atoms with Gasteiger partial charge in [-0.15, -0.1) is 0 Å². The van der Waals surface area contributed by atoms with E-state index in [1.807, 2.05) is 25.1 Å². The first-order valence-corrected chi connectivity index (χ1v) is 6.07. The molecule has 2 N–H and O–H groups in total. The minimum Gasteiger partial charge on any atom is -0.496 e. The molecule has 0 spiro atoms. The molecular formula is C13H19NO2S. The van der Waals surface area contributed by atoms with Crippen molar-refractivity contribution in [3.8, 4) is 5.75 Å². The molecule has 0 saturated heterocycles. The Labute approximate surface area is 108 Å². The highest BCUT2D eigenvalue weighted by atomic mass is 32.1. The van der Waals surface area contributed by atoms with Crippen molar-refractivity contribution in [1.82, 2.24) is 0 Å². The van der Waals surface area contributed by atoms with Crippen LogP contribution in [0.4, 0.5) is 0 Å². The molecule has 0 heterocycles. The SMILES string of the molecule is CCC(C)OCc1cc(C(N)=S)ccc1OC. The number of nitrogens with two attached hydrogens (primary N) is 1. The Hall–Kier alpha value is -1.13. The summed E-state index contributed by atoms with van der Waals surface area (Å²) in [5.41, 5.74) is 7.41. The molecule has 0 bridgehead atoms. The van der Waals surface area contributed by atoms with Gasteiger partial charge in [0.15, 0.2) is 0 Å². The van der Waals surface area contributed by atoms with Gasteiger partial charge in [0, 0.05) is 11.1 Å². The lowest BCUT2D eigenvalue weighted by Gasteiger charge is -2.14. The molecule has 3 nitrogen and oxygen atoms in total. The molecule has 0 aromatic heterocycles. The second kappa shape index (κ2) is 6.57. The number of methoxy groups -OCH3 is 1. The highest BCUT2D eigenvalue weighted by Crippen LogP contribution is 2.21. The van der Waals surface area contributed by atoms with Crippen LogP contribution in [0.3, 0.4) is 0 Å². The Kier molecular flexibility index (Phi) is 5.38. The van der Waals surface area contributed by atoms with E-state index in [2.05, 4.69) is 6.92 Å². The van der Waals surface area contributed by atoms with Crippen molar-refractivity contribution in [2.45, 2.75) is 33.0 Å². The molecule has 0 fully saturated rings. The van der Waals surface area contributed by atoms with E-state index in [1.165, 1.54) is 0 Å². The van der Waals surface area contributed by atoms with Gasteiger partial charge in [-0.3, -0.25) is 0 Å². The van der Waals surface area contributed by atoms with Crippen molar-refractivity contribution < 1.29 is 9.47 Å². The number of ether oxygens (including phenoxy) is 2. The zero-order chi connectivity index (χ0) is 12.8. The van der Waals surface area contributed by atoms with E-state index in [0.29, 0.717) is 11.6 Å². The summed E-state index contributed by atoms with van der Waals surface area (Å²) in [7, 11) is 1.64. The molecule has 0 aliphatic rings. The van der Waals surface area contributed by atoms with Crippen molar-refractivity contribution in [3.05, 3.63) is 29.3 Å². The molecular weight excluding hydrogens is 234 g/mol. The van der Waals surface area contributed by atoms with Gasteiger partial charge < -0.3 is 15.2 Å². The summed E-state index contributed by atoms with van der Waals surface area (Å²) in [4.78, 5) is 0.387. The summed E-state index contributed by atoms with van der Waals surface area (Å²) < 4.78 is 11.0. The molecule has 1 aromatic rings. The van der Waals surface area contributed by atoms with E-state index >= 15 is 0 Å². The quantitative estimate of drug-likeness (QED) is 0.792. The van der Waals surface area contributed by atoms with Crippen molar-refractivity contribution in [2.24, 2.45) is 5.73 Å². The normalized spacial score (nSPS) is 12.2. The third kappa shape index (κ3) is 3.98. The summed E-state index contributed by atoms with van der Waals surface area (Å²) in [6, 6.07) is 5.64. The van der Waals surface area contributed by atoms with E-state index in [0.717, 1.165) is 23.3 Å². The van der Waals surface area contributed by atoms with Crippen LogP contribution in [-0.4, -0.2) is 18.2 Å². The van der Waals surface area contributed by atoms with E-state index in [9.17, 15) is 0 Å². The minimum absolute atomic E-state index is 0.230. The van der Waals surface area contributed by atoms with Crippen LogP contribution >= 0.6 is 12.2 Å². The number of hydrogen-bond donors (Lipinski definition) is 1. The van der Waals surface area contributed by atoms with Gasteiger partial charge in [-0.25, -0.2) is 0 Å². The average molecular weight is 253 g/mol. The minimum atomic E-state index is 0.230. The van der Waals surface area contributed by atoms with Crippen LogP contribution < -0.4 is 10.5 Å². The van der Waals surface area contributed by atoms with Crippen molar-refractivity contribution >= 4 is 17.2 Å². The van der Waals surface area contributed by atoms with Gasteiger partial charge in [0.05, 0.1) is 19.8 Å². The Morgan fingerprint density at radius 2 is 2.18 bits per heavy atom. The van der Waals surface area contributed by atoms with Gasteiger partial charge in [-0.05, 0) is 31.5 Å². The van der Waals surface area contributed by atoms with Crippen molar-refractivity contribution in [1.29, 1.82) is 0 Å². The molecule has 1 aromatic carbocycles. The summed E-state index contributed by atoms with van der Waals surface area (Å²) >= 11 is 4.96. The van der Waals surface area contributed by atoms with E-state index in [4.69, 9.17) is 27.4 Å². The predicted octanol–water partition coefficient (Wildman–Crippen LogP) is 2.64. The third-order valence-corrected chi connectivity index (χ3v) is 2.90. The Morgan fingerprint density at radius 3 is 2.71 bits per heavy atom. The first-order chi connectivity index (χ1) is 8.08. The maximum absolute atomic E-state index is 5.69. The number of benzene rings is 1. The lowest BCUT2D eigenvalue weighted by Crippen LogP contribution is -2.11. The van der Waals surface area contributed by atoms with Crippen LogP contribution in [0.5, 0.6) is 5.75 Å². The van der Waals surface area contributed by atoms with Crippen LogP contribution in [0.2, 0.25) is 0 Å². The molecule has 94 valence electrons. The van der Waals surface area contributed by atoms with E-state index < -0.39 is 0 Å². The largest absolute Gasteiger partial charge is 0.496 e. The molecule has 0 amide bonds. The molecule has 1 rings (SSSR count). The number of rotatable bonds is 6. The van der Waals surface area contributed by atoms with Gasteiger partial charge in [0.2, 0.25) is 0 Å². The first kappa shape index (κ1) is 13.9. The van der Waals surface area contributed by atoms with Gasteiger partial charge in [0.25, 0.3) is 0 Å². The van der Waals surface area contributed by atoms with Crippen LogP contribution in [0.25, 0.3) is 0 Å². The maximum atomic E-state index is 5.69. The second-order valence-electron chi connectivity index (χ2n) is 3.92. The number of thiocarbonyl (C=S) groups is 1. The van der Waals surface area contributed by atoms with Crippen molar-refractivity contribution in [2.75, 3.05) is 7.11 Å². The molecule has 0 radical (unpaired) electrons. The van der Waals surface area contributed by atoms with Gasteiger partial charge in [-0.2, -0.15) is 0 Å². The Bertz CT molecular complexity index is 393. The van der Waals surface area contributed by atoms with E-state index in [-0.39, 0.29) is 6.10 Å².